The maximum absolute atomic E-state index is 5.68. The minimum atomic E-state index is 0.152. The van der Waals surface area contributed by atoms with Crippen LogP contribution in [0.2, 0.25) is 0 Å². The van der Waals surface area contributed by atoms with Gasteiger partial charge in [0, 0.05) is 24.2 Å². The highest BCUT2D eigenvalue weighted by atomic mass is 16.3. The van der Waals surface area contributed by atoms with Gasteiger partial charge in [-0.15, -0.1) is 0 Å². The van der Waals surface area contributed by atoms with E-state index >= 15 is 0 Å². The molecule has 19 heavy (non-hydrogen) atoms. The summed E-state index contributed by atoms with van der Waals surface area (Å²) in [5.74, 6) is 2.03. The van der Waals surface area contributed by atoms with Crippen LogP contribution in [0, 0.1) is 5.92 Å². The molecule has 0 bridgehead atoms. The Labute approximate surface area is 117 Å². The molecule has 108 valence electrons. The zero-order chi connectivity index (χ0) is 13.9. The average molecular weight is 264 g/mol. The second-order valence-electron chi connectivity index (χ2n) is 6.80. The van der Waals surface area contributed by atoms with E-state index in [4.69, 9.17) is 4.42 Å². The van der Waals surface area contributed by atoms with E-state index in [1.807, 2.05) is 6.26 Å². The summed E-state index contributed by atoms with van der Waals surface area (Å²) < 4.78 is 5.68. The number of rotatable bonds is 7. The van der Waals surface area contributed by atoms with Crippen molar-refractivity contribution in [3.63, 3.8) is 0 Å². The zero-order valence-corrected chi connectivity index (χ0v) is 12.8. The molecule has 1 aliphatic carbocycles. The SMILES string of the molecule is CCN(Cc1cc(CNC(C)(C)C)co1)CC1CC1. The van der Waals surface area contributed by atoms with Crippen LogP contribution < -0.4 is 5.32 Å². The van der Waals surface area contributed by atoms with Crippen molar-refractivity contribution in [3.05, 3.63) is 23.7 Å². The summed E-state index contributed by atoms with van der Waals surface area (Å²) in [7, 11) is 0. The van der Waals surface area contributed by atoms with E-state index in [1.165, 1.54) is 24.9 Å². The second kappa shape index (κ2) is 6.10. The van der Waals surface area contributed by atoms with Crippen LogP contribution in [0.3, 0.4) is 0 Å². The average Bonchev–Trinajstić information content (AvgIpc) is 3.03. The molecule has 0 spiro atoms. The summed E-state index contributed by atoms with van der Waals surface area (Å²) in [6, 6.07) is 2.19. The molecular formula is C16H28N2O. The minimum Gasteiger partial charge on any atom is -0.468 e. The first-order chi connectivity index (χ1) is 8.96. The van der Waals surface area contributed by atoms with Crippen LogP contribution in [-0.2, 0) is 13.1 Å². The smallest absolute Gasteiger partial charge is 0.118 e. The molecule has 0 aromatic carbocycles. The molecule has 1 N–H and O–H groups in total. The van der Waals surface area contributed by atoms with Crippen molar-refractivity contribution in [2.24, 2.45) is 5.92 Å². The molecule has 0 radical (unpaired) electrons. The maximum atomic E-state index is 5.68. The van der Waals surface area contributed by atoms with Gasteiger partial charge in [-0.2, -0.15) is 0 Å². The molecular weight excluding hydrogens is 236 g/mol. The fraction of sp³-hybridized carbons (Fsp3) is 0.750. The Bertz CT molecular complexity index is 388. The Balaban J connectivity index is 1.81. The summed E-state index contributed by atoms with van der Waals surface area (Å²) in [6.45, 7) is 12.9. The first-order valence-corrected chi connectivity index (χ1v) is 7.50. The quantitative estimate of drug-likeness (QED) is 0.818. The van der Waals surface area contributed by atoms with Gasteiger partial charge in [-0.1, -0.05) is 6.92 Å². The Morgan fingerprint density at radius 3 is 2.68 bits per heavy atom. The van der Waals surface area contributed by atoms with Crippen molar-refractivity contribution in [3.8, 4) is 0 Å². The van der Waals surface area contributed by atoms with Crippen LogP contribution in [-0.4, -0.2) is 23.5 Å². The molecule has 0 atom stereocenters. The monoisotopic (exact) mass is 264 g/mol. The molecule has 2 rings (SSSR count). The fourth-order valence-electron chi connectivity index (χ4n) is 2.16. The van der Waals surface area contributed by atoms with Crippen LogP contribution in [0.15, 0.2) is 16.7 Å². The Hall–Kier alpha value is -0.800. The summed E-state index contributed by atoms with van der Waals surface area (Å²) in [5.41, 5.74) is 1.39. The zero-order valence-electron chi connectivity index (χ0n) is 12.8. The number of nitrogens with zero attached hydrogens (tertiary/aromatic N) is 1. The highest BCUT2D eigenvalue weighted by Gasteiger charge is 2.24. The fourth-order valence-corrected chi connectivity index (χ4v) is 2.16. The Morgan fingerprint density at radius 2 is 2.11 bits per heavy atom. The topological polar surface area (TPSA) is 28.4 Å². The summed E-state index contributed by atoms with van der Waals surface area (Å²) >= 11 is 0. The molecule has 1 aromatic rings. The highest BCUT2D eigenvalue weighted by molar-refractivity contribution is 5.13. The van der Waals surface area contributed by atoms with Gasteiger partial charge in [0.2, 0.25) is 0 Å². The summed E-state index contributed by atoms with van der Waals surface area (Å²) in [6.07, 6.45) is 4.71. The Morgan fingerprint density at radius 1 is 1.37 bits per heavy atom. The van der Waals surface area contributed by atoms with E-state index in [-0.39, 0.29) is 5.54 Å². The van der Waals surface area contributed by atoms with E-state index in [0.29, 0.717) is 0 Å². The van der Waals surface area contributed by atoms with E-state index in [0.717, 1.165) is 31.3 Å². The number of nitrogens with one attached hydrogen (secondary N) is 1. The second-order valence-corrected chi connectivity index (χ2v) is 6.80. The normalized spacial score (nSPS) is 16.3. The van der Waals surface area contributed by atoms with Gasteiger partial charge >= 0.3 is 0 Å². The van der Waals surface area contributed by atoms with Gasteiger partial charge in [-0.05, 0) is 52.1 Å². The van der Waals surface area contributed by atoms with Gasteiger partial charge in [-0.25, -0.2) is 0 Å². The van der Waals surface area contributed by atoms with Crippen LogP contribution in [0.1, 0.15) is 51.9 Å². The molecule has 0 unspecified atom stereocenters. The maximum Gasteiger partial charge on any atom is 0.118 e. The van der Waals surface area contributed by atoms with Crippen molar-refractivity contribution in [2.75, 3.05) is 13.1 Å². The van der Waals surface area contributed by atoms with E-state index in [1.54, 1.807) is 0 Å². The van der Waals surface area contributed by atoms with Gasteiger partial charge in [0.25, 0.3) is 0 Å². The van der Waals surface area contributed by atoms with Crippen molar-refractivity contribution in [2.45, 2.75) is 59.2 Å². The number of hydrogen-bond acceptors (Lipinski definition) is 3. The van der Waals surface area contributed by atoms with E-state index < -0.39 is 0 Å². The third-order valence-electron chi connectivity index (χ3n) is 3.57. The largest absolute Gasteiger partial charge is 0.468 e. The highest BCUT2D eigenvalue weighted by Crippen LogP contribution is 2.30. The Kier molecular flexibility index (Phi) is 4.69. The summed E-state index contributed by atoms with van der Waals surface area (Å²) in [4.78, 5) is 2.48. The van der Waals surface area contributed by atoms with Gasteiger partial charge in [-0.3, -0.25) is 4.90 Å². The van der Waals surface area contributed by atoms with Gasteiger partial charge in [0.15, 0.2) is 0 Å². The van der Waals surface area contributed by atoms with Crippen LogP contribution >= 0.6 is 0 Å². The van der Waals surface area contributed by atoms with Crippen LogP contribution in [0.5, 0.6) is 0 Å². The predicted molar refractivity (Wildman–Crippen MR) is 79.0 cm³/mol. The van der Waals surface area contributed by atoms with Crippen LogP contribution in [0.4, 0.5) is 0 Å². The molecule has 1 heterocycles. The number of hydrogen-bond donors (Lipinski definition) is 1. The minimum absolute atomic E-state index is 0.152. The molecule has 1 saturated carbocycles. The number of furan rings is 1. The van der Waals surface area contributed by atoms with Crippen molar-refractivity contribution in [1.29, 1.82) is 0 Å². The van der Waals surface area contributed by atoms with Crippen molar-refractivity contribution < 1.29 is 4.42 Å². The summed E-state index contributed by atoms with van der Waals surface area (Å²) in [5, 5.41) is 3.49. The first kappa shape index (κ1) is 14.6. The van der Waals surface area contributed by atoms with Crippen molar-refractivity contribution in [1.82, 2.24) is 10.2 Å². The lowest BCUT2D eigenvalue weighted by molar-refractivity contribution is 0.246. The lowest BCUT2D eigenvalue weighted by Crippen LogP contribution is -2.34. The molecule has 1 aromatic heterocycles. The predicted octanol–water partition coefficient (Wildman–Crippen LogP) is 3.40. The van der Waals surface area contributed by atoms with Crippen LogP contribution in [0.25, 0.3) is 0 Å². The standard InChI is InChI=1S/C16H28N2O/c1-5-18(10-13-6-7-13)11-15-8-14(12-19-15)9-17-16(2,3)4/h8,12-13,17H,5-7,9-11H2,1-4H3. The molecule has 3 nitrogen and oxygen atoms in total. The third kappa shape index (κ3) is 5.37. The molecule has 0 amide bonds. The molecule has 3 heteroatoms. The first-order valence-electron chi connectivity index (χ1n) is 7.50. The van der Waals surface area contributed by atoms with Crippen molar-refractivity contribution >= 4 is 0 Å². The molecule has 1 fully saturated rings. The molecule has 1 aliphatic rings. The van der Waals surface area contributed by atoms with Gasteiger partial charge in [0.1, 0.15) is 5.76 Å². The lowest BCUT2D eigenvalue weighted by Gasteiger charge is -2.19. The van der Waals surface area contributed by atoms with E-state index in [2.05, 4.69) is 44.0 Å². The van der Waals surface area contributed by atoms with Gasteiger partial charge in [0.05, 0.1) is 12.8 Å². The third-order valence-corrected chi connectivity index (χ3v) is 3.57. The molecule has 0 aliphatic heterocycles. The molecule has 0 saturated heterocycles. The lowest BCUT2D eigenvalue weighted by atomic mass is 10.1. The van der Waals surface area contributed by atoms with Gasteiger partial charge < -0.3 is 9.73 Å². The van der Waals surface area contributed by atoms with E-state index in [9.17, 15) is 0 Å².